The van der Waals surface area contributed by atoms with Crippen LogP contribution in [0.2, 0.25) is 0 Å². The predicted molar refractivity (Wildman–Crippen MR) is 73.6 cm³/mol. The maximum absolute atomic E-state index is 4.66. The van der Waals surface area contributed by atoms with Crippen molar-refractivity contribution in [1.82, 2.24) is 20.2 Å². The van der Waals surface area contributed by atoms with E-state index < -0.39 is 0 Å². The second-order valence-corrected chi connectivity index (χ2v) is 4.91. The molecule has 0 atom stereocenters. The lowest BCUT2D eigenvalue weighted by molar-refractivity contribution is 0.229. The number of fused-ring (bicyclic) bond motifs is 1. The topological polar surface area (TPSA) is 44.0 Å². The van der Waals surface area contributed by atoms with Crippen LogP contribution >= 0.6 is 0 Å². The number of aryl methyl sites for hydroxylation is 1. The summed E-state index contributed by atoms with van der Waals surface area (Å²) in [6.07, 6.45) is 1.07. The first-order valence-electron chi connectivity index (χ1n) is 6.76. The van der Waals surface area contributed by atoms with Crippen molar-refractivity contribution >= 4 is 11.0 Å². The number of piperazine rings is 1. The van der Waals surface area contributed by atoms with Crippen LogP contribution in [-0.2, 0) is 13.0 Å². The third-order valence-corrected chi connectivity index (χ3v) is 3.59. The van der Waals surface area contributed by atoms with Gasteiger partial charge < -0.3 is 10.3 Å². The van der Waals surface area contributed by atoms with Gasteiger partial charge in [-0.05, 0) is 24.1 Å². The minimum Gasteiger partial charge on any atom is -0.341 e. The van der Waals surface area contributed by atoms with E-state index in [0.29, 0.717) is 0 Å². The molecule has 0 spiro atoms. The standard InChI is InChI=1S/C14H20N4/c1-2-11-3-4-12-13(9-11)17-14(16-12)10-18-7-5-15-6-8-18/h3-4,9,15H,2,5-8,10H2,1H3,(H,16,17). The van der Waals surface area contributed by atoms with Crippen LogP contribution in [0.5, 0.6) is 0 Å². The minimum atomic E-state index is 0.928. The van der Waals surface area contributed by atoms with E-state index in [-0.39, 0.29) is 0 Å². The Bertz CT molecular complexity index is 526. The van der Waals surface area contributed by atoms with Crippen LogP contribution in [0.3, 0.4) is 0 Å². The van der Waals surface area contributed by atoms with Crippen LogP contribution in [0.1, 0.15) is 18.3 Å². The molecule has 0 saturated carbocycles. The van der Waals surface area contributed by atoms with E-state index in [1.54, 1.807) is 0 Å². The highest BCUT2D eigenvalue weighted by atomic mass is 15.2. The number of H-pyrrole nitrogens is 1. The van der Waals surface area contributed by atoms with Gasteiger partial charge in [0, 0.05) is 26.2 Å². The molecule has 4 heteroatoms. The van der Waals surface area contributed by atoms with Gasteiger partial charge in [0.15, 0.2) is 0 Å². The quantitative estimate of drug-likeness (QED) is 0.860. The first-order chi connectivity index (χ1) is 8.85. The summed E-state index contributed by atoms with van der Waals surface area (Å²) in [6.45, 7) is 7.49. The highest BCUT2D eigenvalue weighted by Gasteiger charge is 2.12. The van der Waals surface area contributed by atoms with Crippen molar-refractivity contribution in [1.29, 1.82) is 0 Å². The molecule has 0 unspecified atom stereocenters. The first kappa shape index (κ1) is 11.7. The number of hydrogen-bond donors (Lipinski definition) is 2. The molecule has 1 fully saturated rings. The highest BCUT2D eigenvalue weighted by molar-refractivity contribution is 5.75. The van der Waals surface area contributed by atoms with E-state index in [0.717, 1.165) is 50.5 Å². The molecule has 3 rings (SSSR count). The third-order valence-electron chi connectivity index (χ3n) is 3.59. The molecule has 2 heterocycles. The molecule has 96 valence electrons. The SMILES string of the molecule is CCc1ccc2nc(CN3CCNCC3)[nH]c2c1. The van der Waals surface area contributed by atoms with Crippen LogP contribution < -0.4 is 5.32 Å². The van der Waals surface area contributed by atoms with Gasteiger partial charge in [0.05, 0.1) is 17.6 Å². The van der Waals surface area contributed by atoms with E-state index in [2.05, 4.69) is 45.3 Å². The lowest BCUT2D eigenvalue weighted by atomic mass is 10.1. The molecule has 2 aromatic rings. The summed E-state index contributed by atoms with van der Waals surface area (Å²) in [4.78, 5) is 10.5. The summed E-state index contributed by atoms with van der Waals surface area (Å²) in [5.74, 6) is 1.08. The summed E-state index contributed by atoms with van der Waals surface area (Å²) in [7, 11) is 0. The molecule has 0 radical (unpaired) electrons. The molecule has 1 aliphatic rings. The Morgan fingerprint density at radius 1 is 1.28 bits per heavy atom. The third kappa shape index (κ3) is 2.40. The van der Waals surface area contributed by atoms with Gasteiger partial charge in [-0.3, -0.25) is 4.90 Å². The fraction of sp³-hybridized carbons (Fsp3) is 0.500. The predicted octanol–water partition coefficient (Wildman–Crippen LogP) is 1.53. The van der Waals surface area contributed by atoms with E-state index in [1.165, 1.54) is 11.1 Å². The number of imidazole rings is 1. The zero-order valence-electron chi connectivity index (χ0n) is 10.9. The molecular weight excluding hydrogens is 224 g/mol. The van der Waals surface area contributed by atoms with Crippen molar-refractivity contribution in [2.24, 2.45) is 0 Å². The fourth-order valence-corrected chi connectivity index (χ4v) is 2.49. The number of nitrogens with one attached hydrogen (secondary N) is 2. The smallest absolute Gasteiger partial charge is 0.121 e. The zero-order valence-corrected chi connectivity index (χ0v) is 10.9. The van der Waals surface area contributed by atoms with Crippen LogP contribution in [0.25, 0.3) is 11.0 Å². The van der Waals surface area contributed by atoms with Gasteiger partial charge in [0.1, 0.15) is 5.82 Å². The van der Waals surface area contributed by atoms with Crippen molar-refractivity contribution in [3.63, 3.8) is 0 Å². The van der Waals surface area contributed by atoms with Crippen LogP contribution in [0.15, 0.2) is 18.2 Å². The van der Waals surface area contributed by atoms with Gasteiger partial charge in [-0.1, -0.05) is 13.0 Å². The van der Waals surface area contributed by atoms with Gasteiger partial charge >= 0.3 is 0 Å². The lowest BCUT2D eigenvalue weighted by Gasteiger charge is -2.26. The normalized spacial score (nSPS) is 17.4. The molecule has 18 heavy (non-hydrogen) atoms. The molecule has 1 aromatic heterocycles. The number of nitrogens with zero attached hydrogens (tertiary/aromatic N) is 2. The average molecular weight is 244 g/mol. The maximum Gasteiger partial charge on any atom is 0.121 e. The molecule has 0 aliphatic carbocycles. The molecule has 1 aromatic carbocycles. The van der Waals surface area contributed by atoms with Crippen molar-refractivity contribution in [2.75, 3.05) is 26.2 Å². The Morgan fingerprint density at radius 2 is 2.11 bits per heavy atom. The molecule has 1 saturated heterocycles. The van der Waals surface area contributed by atoms with E-state index in [4.69, 9.17) is 0 Å². The van der Waals surface area contributed by atoms with Crippen molar-refractivity contribution < 1.29 is 0 Å². The van der Waals surface area contributed by atoms with Crippen molar-refractivity contribution in [3.8, 4) is 0 Å². The summed E-state index contributed by atoms with van der Waals surface area (Å²) in [5, 5.41) is 3.37. The summed E-state index contributed by atoms with van der Waals surface area (Å²) in [6, 6.07) is 6.49. The molecule has 2 N–H and O–H groups in total. The minimum absolute atomic E-state index is 0.928. The van der Waals surface area contributed by atoms with Gasteiger partial charge in [-0.25, -0.2) is 4.98 Å². The molecular formula is C14H20N4. The molecule has 1 aliphatic heterocycles. The summed E-state index contributed by atoms with van der Waals surface area (Å²) < 4.78 is 0. The summed E-state index contributed by atoms with van der Waals surface area (Å²) >= 11 is 0. The van der Waals surface area contributed by atoms with Crippen LogP contribution in [0.4, 0.5) is 0 Å². The van der Waals surface area contributed by atoms with Crippen LogP contribution in [-0.4, -0.2) is 41.0 Å². The second kappa shape index (κ2) is 5.08. The number of aromatic nitrogens is 2. The summed E-state index contributed by atoms with van der Waals surface area (Å²) in [5.41, 5.74) is 3.61. The van der Waals surface area contributed by atoms with Crippen molar-refractivity contribution in [2.45, 2.75) is 19.9 Å². The number of rotatable bonds is 3. The number of aromatic amines is 1. The monoisotopic (exact) mass is 244 g/mol. The lowest BCUT2D eigenvalue weighted by Crippen LogP contribution is -2.43. The zero-order chi connectivity index (χ0) is 12.4. The number of hydrogen-bond acceptors (Lipinski definition) is 3. The van der Waals surface area contributed by atoms with Gasteiger partial charge in [-0.15, -0.1) is 0 Å². The number of benzene rings is 1. The largest absolute Gasteiger partial charge is 0.341 e. The molecule has 0 amide bonds. The Hall–Kier alpha value is -1.39. The second-order valence-electron chi connectivity index (χ2n) is 4.91. The van der Waals surface area contributed by atoms with E-state index in [9.17, 15) is 0 Å². The Balaban J connectivity index is 1.79. The highest BCUT2D eigenvalue weighted by Crippen LogP contribution is 2.15. The van der Waals surface area contributed by atoms with Gasteiger partial charge in [0.25, 0.3) is 0 Å². The Kier molecular flexibility index (Phi) is 3.30. The van der Waals surface area contributed by atoms with Gasteiger partial charge in [0.2, 0.25) is 0 Å². The van der Waals surface area contributed by atoms with E-state index >= 15 is 0 Å². The molecule has 0 bridgehead atoms. The van der Waals surface area contributed by atoms with E-state index in [1.807, 2.05) is 0 Å². The maximum atomic E-state index is 4.66. The Morgan fingerprint density at radius 3 is 2.89 bits per heavy atom. The Labute approximate surface area is 107 Å². The fourth-order valence-electron chi connectivity index (χ4n) is 2.49. The van der Waals surface area contributed by atoms with Crippen LogP contribution in [0, 0.1) is 0 Å². The van der Waals surface area contributed by atoms with Crippen molar-refractivity contribution in [3.05, 3.63) is 29.6 Å². The molecule has 4 nitrogen and oxygen atoms in total. The average Bonchev–Trinajstić information content (AvgIpc) is 2.80. The first-order valence-corrected chi connectivity index (χ1v) is 6.76. The van der Waals surface area contributed by atoms with Gasteiger partial charge in [-0.2, -0.15) is 0 Å².